The number of likely N-dealkylation sites (N-methyl/N-ethyl adjacent to an activating group) is 1. The molecule has 8 heteroatoms. The molecule has 0 atom stereocenters. The van der Waals surface area contributed by atoms with Crippen LogP contribution in [-0.4, -0.2) is 47.0 Å². The molecule has 0 unspecified atom stereocenters. The molecule has 0 radical (unpaired) electrons. The summed E-state index contributed by atoms with van der Waals surface area (Å²) in [7, 11) is 3.93. The van der Waals surface area contributed by atoms with Gasteiger partial charge in [-0.2, -0.15) is 4.98 Å². The van der Waals surface area contributed by atoms with Crippen molar-refractivity contribution in [1.82, 2.24) is 19.9 Å². The van der Waals surface area contributed by atoms with Crippen LogP contribution in [0.3, 0.4) is 0 Å². The summed E-state index contributed by atoms with van der Waals surface area (Å²) >= 11 is 0. The second-order valence-corrected chi connectivity index (χ2v) is 6.16. The van der Waals surface area contributed by atoms with E-state index in [2.05, 4.69) is 25.6 Å². The van der Waals surface area contributed by atoms with Crippen LogP contribution >= 0.6 is 0 Å². The number of nitrogens with one attached hydrogen (secondary N) is 2. The van der Waals surface area contributed by atoms with E-state index in [0.29, 0.717) is 24.0 Å². The monoisotopic (exact) mass is 370 g/mol. The molecule has 140 valence electrons. The minimum Gasteiger partial charge on any atom is -0.353 e. The molecule has 0 aliphatic carbocycles. The van der Waals surface area contributed by atoms with E-state index in [1.165, 1.54) is 12.1 Å². The van der Waals surface area contributed by atoms with Gasteiger partial charge in [0, 0.05) is 37.1 Å². The molecule has 2 aromatic heterocycles. The van der Waals surface area contributed by atoms with Crippen LogP contribution in [0.15, 0.2) is 48.8 Å². The van der Waals surface area contributed by atoms with E-state index in [1.54, 1.807) is 24.5 Å². The summed E-state index contributed by atoms with van der Waals surface area (Å²) in [5, 5.41) is 5.97. The summed E-state index contributed by atoms with van der Waals surface area (Å²) < 4.78 is 27.5. The van der Waals surface area contributed by atoms with Crippen LogP contribution in [0.2, 0.25) is 0 Å². The lowest BCUT2D eigenvalue weighted by Gasteiger charge is -2.13. The Morgan fingerprint density at radius 3 is 2.67 bits per heavy atom. The fraction of sp³-hybridized carbons (Fsp3) is 0.211. The number of anilines is 3. The average molecular weight is 370 g/mol. The molecule has 3 rings (SSSR count). The second kappa shape index (κ2) is 8.50. The van der Waals surface area contributed by atoms with E-state index >= 15 is 0 Å². The molecule has 0 amide bonds. The maximum atomic E-state index is 14.0. The van der Waals surface area contributed by atoms with Crippen molar-refractivity contribution in [2.75, 3.05) is 37.8 Å². The van der Waals surface area contributed by atoms with Gasteiger partial charge in [-0.1, -0.05) is 6.07 Å². The van der Waals surface area contributed by atoms with Gasteiger partial charge in [0.1, 0.15) is 5.82 Å². The highest BCUT2D eigenvalue weighted by Gasteiger charge is 2.11. The summed E-state index contributed by atoms with van der Waals surface area (Å²) in [6.45, 7) is 1.43. The van der Waals surface area contributed by atoms with E-state index in [9.17, 15) is 8.78 Å². The Hall–Kier alpha value is -3.13. The highest BCUT2D eigenvalue weighted by Crippen LogP contribution is 2.25. The molecule has 0 spiro atoms. The Labute approximate surface area is 156 Å². The van der Waals surface area contributed by atoms with Crippen molar-refractivity contribution in [3.8, 4) is 11.3 Å². The number of hydrogen-bond donors (Lipinski definition) is 2. The standard InChI is InChI=1S/C19H20F2N6/c1-27(2)10-9-23-19-25-16(13-5-4-8-22-12-13)11-17(26-19)24-15-7-3-6-14(20)18(15)21/h3-8,11-12H,9-10H2,1-2H3,(H2,23,24,25,26). The SMILES string of the molecule is CN(C)CCNc1nc(Nc2cccc(F)c2F)cc(-c2cccnc2)n1. The highest BCUT2D eigenvalue weighted by atomic mass is 19.2. The van der Waals surface area contributed by atoms with Crippen molar-refractivity contribution in [1.29, 1.82) is 0 Å². The van der Waals surface area contributed by atoms with Gasteiger partial charge < -0.3 is 15.5 Å². The van der Waals surface area contributed by atoms with Crippen LogP contribution in [0, 0.1) is 11.6 Å². The van der Waals surface area contributed by atoms with E-state index in [1.807, 2.05) is 25.1 Å². The van der Waals surface area contributed by atoms with Crippen molar-refractivity contribution in [2.24, 2.45) is 0 Å². The lowest BCUT2D eigenvalue weighted by molar-refractivity contribution is 0.425. The van der Waals surface area contributed by atoms with Crippen molar-refractivity contribution in [3.63, 3.8) is 0 Å². The quantitative estimate of drug-likeness (QED) is 0.663. The fourth-order valence-electron chi connectivity index (χ4n) is 2.38. The molecule has 6 nitrogen and oxygen atoms in total. The first-order valence-corrected chi connectivity index (χ1v) is 8.42. The Kier molecular flexibility index (Phi) is 5.87. The summed E-state index contributed by atoms with van der Waals surface area (Å²) in [5.74, 6) is -1.15. The molecule has 2 N–H and O–H groups in total. The fourth-order valence-corrected chi connectivity index (χ4v) is 2.38. The number of halogens is 2. The van der Waals surface area contributed by atoms with Gasteiger partial charge in [-0.3, -0.25) is 4.98 Å². The Balaban J connectivity index is 1.92. The molecule has 0 fully saturated rings. The van der Waals surface area contributed by atoms with Crippen molar-refractivity contribution >= 4 is 17.5 Å². The van der Waals surface area contributed by atoms with E-state index in [0.717, 1.165) is 18.2 Å². The molecule has 0 saturated heterocycles. The largest absolute Gasteiger partial charge is 0.353 e. The van der Waals surface area contributed by atoms with E-state index in [4.69, 9.17) is 0 Å². The average Bonchev–Trinajstić information content (AvgIpc) is 2.66. The summed E-state index contributed by atoms with van der Waals surface area (Å²) in [6, 6.07) is 9.28. The normalized spacial score (nSPS) is 10.9. The van der Waals surface area contributed by atoms with Crippen LogP contribution in [0.4, 0.5) is 26.2 Å². The van der Waals surface area contributed by atoms with Gasteiger partial charge in [-0.25, -0.2) is 13.8 Å². The van der Waals surface area contributed by atoms with Gasteiger partial charge in [0.2, 0.25) is 5.95 Å². The van der Waals surface area contributed by atoms with E-state index in [-0.39, 0.29) is 5.69 Å². The van der Waals surface area contributed by atoms with Crippen molar-refractivity contribution in [3.05, 3.63) is 60.4 Å². The molecule has 27 heavy (non-hydrogen) atoms. The molecule has 0 bridgehead atoms. The van der Waals surface area contributed by atoms with Crippen LogP contribution in [0.25, 0.3) is 11.3 Å². The maximum absolute atomic E-state index is 14.0. The predicted octanol–water partition coefficient (Wildman–Crippen LogP) is 3.53. The van der Waals surface area contributed by atoms with Gasteiger partial charge in [-0.15, -0.1) is 0 Å². The molecule has 0 saturated carbocycles. The topological polar surface area (TPSA) is 66.0 Å². The smallest absolute Gasteiger partial charge is 0.225 e. The van der Waals surface area contributed by atoms with Gasteiger partial charge in [0.15, 0.2) is 11.6 Å². The summed E-state index contributed by atoms with van der Waals surface area (Å²) in [6.07, 6.45) is 3.35. The molecule has 0 aliphatic heterocycles. The lowest BCUT2D eigenvalue weighted by Crippen LogP contribution is -2.21. The van der Waals surface area contributed by atoms with Gasteiger partial charge >= 0.3 is 0 Å². The first kappa shape index (κ1) is 18.7. The van der Waals surface area contributed by atoms with E-state index < -0.39 is 11.6 Å². The summed E-state index contributed by atoms with van der Waals surface area (Å²) in [5.41, 5.74) is 1.41. The molecular weight excluding hydrogens is 350 g/mol. The van der Waals surface area contributed by atoms with Crippen molar-refractivity contribution < 1.29 is 8.78 Å². The minimum absolute atomic E-state index is 0.00470. The first-order valence-electron chi connectivity index (χ1n) is 8.42. The zero-order chi connectivity index (χ0) is 19.2. The predicted molar refractivity (Wildman–Crippen MR) is 102 cm³/mol. The van der Waals surface area contributed by atoms with Gasteiger partial charge in [0.05, 0.1) is 11.4 Å². The van der Waals surface area contributed by atoms with Gasteiger partial charge in [-0.05, 0) is 38.4 Å². The third kappa shape index (κ3) is 4.95. The first-order chi connectivity index (χ1) is 13.0. The molecule has 2 heterocycles. The maximum Gasteiger partial charge on any atom is 0.225 e. The number of pyridine rings is 1. The third-order valence-corrected chi connectivity index (χ3v) is 3.74. The molecule has 3 aromatic rings. The Bertz CT molecular complexity index is 902. The molecule has 1 aromatic carbocycles. The zero-order valence-corrected chi connectivity index (χ0v) is 15.1. The number of hydrogen-bond acceptors (Lipinski definition) is 6. The number of rotatable bonds is 7. The van der Waals surface area contributed by atoms with Crippen molar-refractivity contribution in [2.45, 2.75) is 0 Å². The highest BCUT2D eigenvalue weighted by molar-refractivity contribution is 5.67. The molecule has 0 aliphatic rings. The number of benzene rings is 1. The van der Waals surface area contributed by atoms with Crippen LogP contribution in [0.1, 0.15) is 0 Å². The van der Waals surface area contributed by atoms with Crippen LogP contribution in [0.5, 0.6) is 0 Å². The number of aromatic nitrogens is 3. The van der Waals surface area contributed by atoms with Crippen LogP contribution < -0.4 is 10.6 Å². The van der Waals surface area contributed by atoms with Gasteiger partial charge in [0.25, 0.3) is 0 Å². The zero-order valence-electron chi connectivity index (χ0n) is 15.1. The Morgan fingerprint density at radius 1 is 1.07 bits per heavy atom. The Morgan fingerprint density at radius 2 is 1.93 bits per heavy atom. The lowest BCUT2D eigenvalue weighted by atomic mass is 10.2. The number of nitrogens with zero attached hydrogens (tertiary/aromatic N) is 4. The summed E-state index contributed by atoms with van der Waals surface area (Å²) in [4.78, 5) is 15.0. The minimum atomic E-state index is -0.957. The second-order valence-electron chi connectivity index (χ2n) is 6.16. The molecular formula is C19H20F2N6. The van der Waals surface area contributed by atoms with Crippen LogP contribution in [-0.2, 0) is 0 Å². The third-order valence-electron chi connectivity index (χ3n) is 3.74.